The summed E-state index contributed by atoms with van der Waals surface area (Å²) in [6, 6.07) is 8.82. The zero-order valence-electron chi connectivity index (χ0n) is 11.0. The molecule has 1 aromatic carbocycles. The highest BCUT2D eigenvalue weighted by atomic mass is 15.1. The van der Waals surface area contributed by atoms with Gasteiger partial charge in [0, 0.05) is 0 Å². The minimum atomic E-state index is 0.750. The van der Waals surface area contributed by atoms with Crippen molar-refractivity contribution >= 4 is 0 Å². The Bertz CT molecular complexity index is 466. The van der Waals surface area contributed by atoms with Crippen molar-refractivity contribution in [1.29, 1.82) is 0 Å². The number of hydrogen-bond donors (Lipinski definition) is 0. The minimum Gasteiger partial charge on any atom is -0.185 e. The molecule has 2 heteroatoms. The molecule has 1 heterocycles. The zero-order valence-corrected chi connectivity index (χ0v) is 11.0. The highest BCUT2D eigenvalue weighted by molar-refractivity contribution is 5.26. The number of allylic oxidation sites excluding steroid dienone is 2. The van der Waals surface area contributed by atoms with Crippen molar-refractivity contribution in [2.75, 3.05) is 6.54 Å². The van der Waals surface area contributed by atoms with Crippen LogP contribution in [0.4, 0.5) is 0 Å². The quantitative estimate of drug-likeness (QED) is 0.655. The van der Waals surface area contributed by atoms with Crippen LogP contribution in [-0.2, 0) is 12.8 Å². The van der Waals surface area contributed by atoms with Gasteiger partial charge in [-0.05, 0) is 42.9 Å². The largest absolute Gasteiger partial charge is 0.185 e. The highest BCUT2D eigenvalue weighted by Crippen LogP contribution is 2.18. The van der Waals surface area contributed by atoms with Gasteiger partial charge in [0.25, 0.3) is 0 Å². The number of nitrogens with zero attached hydrogens (tertiary/aromatic N) is 2. The molecule has 0 saturated carbocycles. The van der Waals surface area contributed by atoms with Gasteiger partial charge in [-0.25, -0.2) is 0 Å². The van der Waals surface area contributed by atoms with Crippen molar-refractivity contribution in [3.05, 3.63) is 59.3 Å². The molecule has 0 aliphatic carbocycles. The predicted octanol–water partition coefficient (Wildman–Crippen LogP) is 4.48. The molecule has 0 atom stereocenters. The van der Waals surface area contributed by atoms with Gasteiger partial charge in [-0.15, -0.1) is 0 Å². The normalized spacial score (nSPS) is 13.7. The molecule has 0 fully saturated rings. The first-order chi connectivity index (χ1) is 8.78. The first-order valence-electron chi connectivity index (χ1n) is 6.59. The second-order valence-electron chi connectivity index (χ2n) is 4.72. The van der Waals surface area contributed by atoms with Gasteiger partial charge in [-0.1, -0.05) is 43.3 Å². The Hall–Kier alpha value is -1.70. The Labute approximate surface area is 109 Å². The Balaban J connectivity index is 1.80. The Morgan fingerprint density at radius 1 is 1.22 bits per heavy atom. The summed E-state index contributed by atoms with van der Waals surface area (Å²) in [5.74, 6) is 0. The molecule has 2 rings (SSSR count). The van der Waals surface area contributed by atoms with Crippen molar-refractivity contribution in [3.8, 4) is 0 Å². The molecular formula is C16H20N2. The maximum absolute atomic E-state index is 4.15. The lowest BCUT2D eigenvalue weighted by atomic mass is 10.0. The Morgan fingerprint density at radius 2 is 1.94 bits per heavy atom. The van der Waals surface area contributed by atoms with Gasteiger partial charge >= 0.3 is 0 Å². The third kappa shape index (κ3) is 3.66. The minimum absolute atomic E-state index is 0.750. The summed E-state index contributed by atoms with van der Waals surface area (Å²) in [6.07, 6.45) is 6.12. The molecule has 18 heavy (non-hydrogen) atoms. The lowest BCUT2D eigenvalue weighted by Crippen LogP contribution is -1.91. The summed E-state index contributed by atoms with van der Waals surface area (Å²) >= 11 is 0. The number of rotatable bonds is 6. The molecule has 1 aromatic rings. The van der Waals surface area contributed by atoms with E-state index >= 15 is 0 Å². The molecule has 0 amide bonds. The molecule has 2 nitrogen and oxygen atoms in total. The van der Waals surface area contributed by atoms with E-state index < -0.39 is 0 Å². The fourth-order valence-corrected chi connectivity index (χ4v) is 2.05. The second-order valence-corrected chi connectivity index (χ2v) is 4.72. The maximum atomic E-state index is 4.15. The van der Waals surface area contributed by atoms with E-state index in [9.17, 15) is 0 Å². The van der Waals surface area contributed by atoms with Gasteiger partial charge in [0.1, 0.15) is 0 Å². The molecule has 0 unspecified atom stereocenters. The van der Waals surface area contributed by atoms with Crippen molar-refractivity contribution in [1.82, 2.24) is 0 Å². The van der Waals surface area contributed by atoms with Crippen LogP contribution in [0.15, 0.2) is 58.4 Å². The Kier molecular flexibility index (Phi) is 4.46. The van der Waals surface area contributed by atoms with Crippen molar-refractivity contribution in [3.63, 3.8) is 0 Å². The molecule has 1 aliphatic heterocycles. The van der Waals surface area contributed by atoms with Gasteiger partial charge in [-0.3, -0.25) is 0 Å². The van der Waals surface area contributed by atoms with E-state index in [1.54, 1.807) is 0 Å². The molecule has 94 valence electrons. The Morgan fingerprint density at radius 3 is 2.56 bits per heavy atom. The van der Waals surface area contributed by atoms with E-state index in [2.05, 4.69) is 54.1 Å². The van der Waals surface area contributed by atoms with Crippen LogP contribution in [0.3, 0.4) is 0 Å². The van der Waals surface area contributed by atoms with E-state index in [-0.39, 0.29) is 0 Å². The number of aryl methyl sites for hydroxylation is 1. The van der Waals surface area contributed by atoms with Crippen LogP contribution in [0.1, 0.15) is 30.9 Å². The van der Waals surface area contributed by atoms with E-state index in [1.165, 1.54) is 16.7 Å². The van der Waals surface area contributed by atoms with E-state index in [0.29, 0.717) is 0 Å². The first-order valence-corrected chi connectivity index (χ1v) is 6.59. The molecule has 0 N–H and O–H groups in total. The van der Waals surface area contributed by atoms with Crippen LogP contribution in [0.25, 0.3) is 0 Å². The van der Waals surface area contributed by atoms with Crippen molar-refractivity contribution in [2.24, 2.45) is 10.2 Å². The summed E-state index contributed by atoms with van der Waals surface area (Å²) < 4.78 is 0. The summed E-state index contributed by atoms with van der Waals surface area (Å²) in [5.41, 5.74) is 5.11. The molecule has 0 spiro atoms. The van der Waals surface area contributed by atoms with Gasteiger partial charge in [0.2, 0.25) is 0 Å². The van der Waals surface area contributed by atoms with E-state index in [4.69, 9.17) is 0 Å². The molecule has 0 aromatic heterocycles. The topological polar surface area (TPSA) is 24.7 Å². The lowest BCUT2D eigenvalue weighted by Gasteiger charge is -2.06. The molecule has 0 bridgehead atoms. The molecule has 0 radical (unpaired) electrons. The van der Waals surface area contributed by atoms with E-state index in [0.717, 1.165) is 37.9 Å². The third-order valence-electron chi connectivity index (χ3n) is 3.23. The van der Waals surface area contributed by atoms with Crippen LogP contribution in [0.5, 0.6) is 0 Å². The van der Waals surface area contributed by atoms with Crippen LogP contribution in [0.2, 0.25) is 0 Å². The molecule has 1 aliphatic rings. The van der Waals surface area contributed by atoms with Gasteiger partial charge in [-0.2, -0.15) is 10.2 Å². The summed E-state index contributed by atoms with van der Waals surface area (Å²) in [4.78, 5) is 0. The first kappa shape index (κ1) is 12.7. The fourth-order valence-electron chi connectivity index (χ4n) is 2.05. The maximum Gasteiger partial charge on any atom is 0.0805 e. The number of hydrogen-bond acceptors (Lipinski definition) is 2. The van der Waals surface area contributed by atoms with Crippen LogP contribution < -0.4 is 0 Å². The number of benzene rings is 1. The van der Waals surface area contributed by atoms with Crippen molar-refractivity contribution < 1.29 is 0 Å². The third-order valence-corrected chi connectivity index (χ3v) is 3.23. The van der Waals surface area contributed by atoms with Gasteiger partial charge < -0.3 is 0 Å². The van der Waals surface area contributed by atoms with Gasteiger partial charge in [0.05, 0.1) is 12.2 Å². The van der Waals surface area contributed by atoms with E-state index in [1.807, 2.05) is 0 Å². The van der Waals surface area contributed by atoms with Crippen LogP contribution in [-0.4, -0.2) is 6.54 Å². The smallest absolute Gasteiger partial charge is 0.0805 e. The predicted molar refractivity (Wildman–Crippen MR) is 75.7 cm³/mol. The second kappa shape index (κ2) is 6.29. The zero-order chi connectivity index (χ0) is 12.8. The highest BCUT2D eigenvalue weighted by Gasteiger charge is 2.03. The fraction of sp³-hybridized carbons (Fsp3) is 0.375. The monoisotopic (exact) mass is 240 g/mol. The summed E-state index contributed by atoms with van der Waals surface area (Å²) in [7, 11) is 0. The lowest BCUT2D eigenvalue weighted by molar-refractivity contribution is 0.874. The van der Waals surface area contributed by atoms with Crippen LogP contribution >= 0.6 is 0 Å². The standard InChI is InChI=1S/C16H20N2/c1-3-14-5-7-15(8-6-14)12-13(2)4-9-16-10-11-17-18-16/h5-8,10H,2-4,9,11-12H2,1H3. The SMILES string of the molecule is C=C(CCC1=CCN=N1)Cc1ccc(CC)cc1. The number of azo groups is 1. The average Bonchev–Trinajstić information content (AvgIpc) is 2.90. The van der Waals surface area contributed by atoms with Crippen molar-refractivity contribution in [2.45, 2.75) is 32.6 Å². The van der Waals surface area contributed by atoms with Crippen LogP contribution in [0, 0.1) is 0 Å². The summed E-state index contributed by atoms with van der Waals surface area (Å²) in [5, 5.41) is 8.03. The molecule has 0 saturated heterocycles. The molecular weight excluding hydrogens is 220 g/mol. The summed E-state index contributed by atoms with van der Waals surface area (Å²) in [6.45, 7) is 7.08. The van der Waals surface area contributed by atoms with Gasteiger partial charge in [0.15, 0.2) is 0 Å². The average molecular weight is 240 g/mol.